The maximum atomic E-state index is 5.85. The minimum absolute atomic E-state index is 0.324. The van der Waals surface area contributed by atoms with E-state index in [9.17, 15) is 0 Å². The van der Waals surface area contributed by atoms with Crippen molar-refractivity contribution in [1.82, 2.24) is 5.32 Å². The molecule has 1 heterocycles. The SMILES string of the molecule is CCCCCCC(C)OCc1ccc(CNC2CC2)o1. The van der Waals surface area contributed by atoms with E-state index in [0.29, 0.717) is 12.7 Å². The molecule has 3 nitrogen and oxygen atoms in total. The molecule has 1 saturated carbocycles. The van der Waals surface area contributed by atoms with Crippen LogP contribution in [-0.2, 0) is 17.9 Å². The van der Waals surface area contributed by atoms with Crippen molar-refractivity contribution >= 4 is 0 Å². The zero-order valence-electron chi connectivity index (χ0n) is 13.0. The molecule has 0 aliphatic heterocycles. The fourth-order valence-electron chi connectivity index (χ4n) is 2.29. The Balaban J connectivity index is 1.57. The Hall–Kier alpha value is -0.800. The summed E-state index contributed by atoms with van der Waals surface area (Å²) >= 11 is 0. The molecule has 1 aliphatic rings. The van der Waals surface area contributed by atoms with Crippen molar-refractivity contribution in [3.63, 3.8) is 0 Å². The van der Waals surface area contributed by atoms with Crippen LogP contribution < -0.4 is 5.32 Å². The highest BCUT2D eigenvalue weighted by Gasteiger charge is 2.20. The first kappa shape index (κ1) is 15.6. The summed E-state index contributed by atoms with van der Waals surface area (Å²) < 4.78 is 11.6. The summed E-state index contributed by atoms with van der Waals surface area (Å²) in [4.78, 5) is 0. The molecule has 3 heteroatoms. The minimum atomic E-state index is 0.324. The second kappa shape index (κ2) is 8.48. The van der Waals surface area contributed by atoms with Crippen LogP contribution >= 0.6 is 0 Å². The summed E-state index contributed by atoms with van der Waals surface area (Å²) in [7, 11) is 0. The number of rotatable bonds is 11. The average Bonchev–Trinajstić information content (AvgIpc) is 3.17. The first-order chi connectivity index (χ1) is 9.78. The lowest BCUT2D eigenvalue weighted by Gasteiger charge is -2.11. The normalized spacial score (nSPS) is 16.5. The number of hydrogen-bond acceptors (Lipinski definition) is 3. The smallest absolute Gasteiger partial charge is 0.129 e. The summed E-state index contributed by atoms with van der Waals surface area (Å²) in [6.07, 6.45) is 9.31. The minimum Gasteiger partial charge on any atom is -0.462 e. The van der Waals surface area contributed by atoms with E-state index in [0.717, 1.165) is 30.5 Å². The van der Waals surface area contributed by atoms with E-state index in [1.165, 1.54) is 38.5 Å². The van der Waals surface area contributed by atoms with Gasteiger partial charge in [-0.05, 0) is 38.3 Å². The van der Waals surface area contributed by atoms with Gasteiger partial charge in [-0.1, -0.05) is 32.6 Å². The van der Waals surface area contributed by atoms with E-state index in [2.05, 4.69) is 25.2 Å². The second-order valence-electron chi connectivity index (χ2n) is 5.99. The van der Waals surface area contributed by atoms with Gasteiger partial charge < -0.3 is 14.5 Å². The monoisotopic (exact) mass is 279 g/mol. The van der Waals surface area contributed by atoms with Gasteiger partial charge in [-0.15, -0.1) is 0 Å². The van der Waals surface area contributed by atoms with Gasteiger partial charge in [-0.25, -0.2) is 0 Å². The highest BCUT2D eigenvalue weighted by Crippen LogP contribution is 2.20. The number of unbranched alkanes of at least 4 members (excludes halogenated alkanes) is 3. The van der Waals surface area contributed by atoms with Gasteiger partial charge >= 0.3 is 0 Å². The molecule has 1 atom stereocenters. The molecule has 1 N–H and O–H groups in total. The third-order valence-corrected chi connectivity index (χ3v) is 3.83. The molecule has 1 unspecified atom stereocenters. The van der Waals surface area contributed by atoms with Crippen LogP contribution in [0, 0.1) is 0 Å². The third-order valence-electron chi connectivity index (χ3n) is 3.83. The van der Waals surface area contributed by atoms with Crippen LogP contribution in [0.2, 0.25) is 0 Å². The molecule has 2 rings (SSSR count). The number of nitrogens with one attached hydrogen (secondary N) is 1. The Bertz CT molecular complexity index is 371. The second-order valence-corrected chi connectivity index (χ2v) is 5.99. The topological polar surface area (TPSA) is 34.4 Å². The maximum absolute atomic E-state index is 5.85. The van der Waals surface area contributed by atoms with Crippen molar-refractivity contribution in [1.29, 1.82) is 0 Å². The molecule has 1 aliphatic carbocycles. The van der Waals surface area contributed by atoms with Crippen LogP contribution in [0.3, 0.4) is 0 Å². The van der Waals surface area contributed by atoms with Crippen LogP contribution in [0.4, 0.5) is 0 Å². The van der Waals surface area contributed by atoms with Crippen LogP contribution in [0.1, 0.15) is 70.3 Å². The molecule has 1 aromatic heterocycles. The van der Waals surface area contributed by atoms with Gasteiger partial charge in [0, 0.05) is 6.04 Å². The first-order valence-electron chi connectivity index (χ1n) is 8.20. The number of hydrogen-bond donors (Lipinski definition) is 1. The Labute approximate surface area is 123 Å². The standard InChI is InChI=1S/C17H29NO2/c1-3-4-5-6-7-14(2)19-13-17-11-10-16(20-17)12-18-15-8-9-15/h10-11,14-15,18H,3-9,12-13H2,1-2H3. The first-order valence-corrected chi connectivity index (χ1v) is 8.20. The number of furan rings is 1. The Morgan fingerprint density at radius 2 is 2.05 bits per heavy atom. The van der Waals surface area contributed by atoms with E-state index in [1.54, 1.807) is 0 Å². The van der Waals surface area contributed by atoms with E-state index in [4.69, 9.17) is 9.15 Å². The van der Waals surface area contributed by atoms with Crippen molar-refractivity contribution in [3.05, 3.63) is 23.7 Å². The van der Waals surface area contributed by atoms with E-state index >= 15 is 0 Å². The number of ether oxygens (including phenoxy) is 1. The van der Waals surface area contributed by atoms with Crippen molar-refractivity contribution in [2.75, 3.05) is 0 Å². The molecule has 1 fully saturated rings. The highest BCUT2D eigenvalue weighted by molar-refractivity contribution is 5.06. The van der Waals surface area contributed by atoms with Crippen LogP contribution in [0.5, 0.6) is 0 Å². The summed E-state index contributed by atoms with van der Waals surface area (Å²) in [5.41, 5.74) is 0. The van der Waals surface area contributed by atoms with E-state index < -0.39 is 0 Å². The van der Waals surface area contributed by atoms with Gasteiger partial charge in [-0.2, -0.15) is 0 Å². The van der Waals surface area contributed by atoms with Crippen molar-refractivity contribution < 1.29 is 9.15 Å². The lowest BCUT2D eigenvalue weighted by atomic mass is 10.1. The molecule has 114 valence electrons. The molecule has 20 heavy (non-hydrogen) atoms. The Kier molecular flexibility index (Phi) is 6.61. The summed E-state index contributed by atoms with van der Waals surface area (Å²) in [5, 5.41) is 3.46. The van der Waals surface area contributed by atoms with Gasteiger partial charge in [0.15, 0.2) is 0 Å². The summed E-state index contributed by atoms with van der Waals surface area (Å²) in [5.74, 6) is 1.96. The molecular weight excluding hydrogens is 250 g/mol. The average molecular weight is 279 g/mol. The van der Waals surface area contributed by atoms with E-state index in [1.807, 2.05) is 6.07 Å². The molecule has 0 spiro atoms. The predicted octanol–water partition coefficient (Wildman–Crippen LogP) is 4.41. The lowest BCUT2D eigenvalue weighted by Crippen LogP contribution is -2.14. The highest BCUT2D eigenvalue weighted by atomic mass is 16.5. The van der Waals surface area contributed by atoms with Gasteiger partial charge in [-0.3, -0.25) is 0 Å². The van der Waals surface area contributed by atoms with Crippen molar-refractivity contribution in [3.8, 4) is 0 Å². The fourth-order valence-corrected chi connectivity index (χ4v) is 2.29. The molecule has 0 bridgehead atoms. The van der Waals surface area contributed by atoms with Gasteiger partial charge in [0.25, 0.3) is 0 Å². The fraction of sp³-hybridized carbons (Fsp3) is 0.765. The van der Waals surface area contributed by atoms with Gasteiger partial charge in [0.1, 0.15) is 18.1 Å². The summed E-state index contributed by atoms with van der Waals surface area (Å²) in [6.45, 7) is 5.84. The maximum Gasteiger partial charge on any atom is 0.129 e. The van der Waals surface area contributed by atoms with E-state index in [-0.39, 0.29) is 0 Å². The molecular formula is C17H29NO2. The van der Waals surface area contributed by atoms with Crippen LogP contribution in [-0.4, -0.2) is 12.1 Å². The molecule has 0 amide bonds. The predicted molar refractivity (Wildman–Crippen MR) is 81.6 cm³/mol. The van der Waals surface area contributed by atoms with Crippen molar-refractivity contribution in [2.24, 2.45) is 0 Å². The Morgan fingerprint density at radius 3 is 2.80 bits per heavy atom. The zero-order valence-corrected chi connectivity index (χ0v) is 13.0. The zero-order chi connectivity index (χ0) is 14.2. The summed E-state index contributed by atoms with van der Waals surface area (Å²) in [6, 6.07) is 4.82. The van der Waals surface area contributed by atoms with Gasteiger partial charge in [0.05, 0.1) is 12.6 Å². The quantitative estimate of drug-likeness (QED) is 0.609. The molecule has 0 saturated heterocycles. The lowest BCUT2D eigenvalue weighted by molar-refractivity contribution is 0.0355. The largest absolute Gasteiger partial charge is 0.462 e. The third kappa shape index (κ3) is 6.10. The van der Waals surface area contributed by atoms with Crippen LogP contribution in [0.15, 0.2) is 16.5 Å². The van der Waals surface area contributed by atoms with Crippen molar-refractivity contribution in [2.45, 2.75) is 84.1 Å². The molecule has 1 aromatic rings. The molecule has 0 aromatic carbocycles. The molecule has 0 radical (unpaired) electrons. The van der Waals surface area contributed by atoms with Crippen LogP contribution in [0.25, 0.3) is 0 Å². The van der Waals surface area contributed by atoms with Gasteiger partial charge in [0.2, 0.25) is 0 Å². The Morgan fingerprint density at radius 1 is 1.25 bits per heavy atom.